The number of hydrogen-bond donors (Lipinski definition) is 0. The van der Waals surface area contributed by atoms with Gasteiger partial charge in [0.1, 0.15) is 0 Å². The zero-order chi connectivity index (χ0) is 7.70. The van der Waals surface area contributed by atoms with Crippen LogP contribution in [0.1, 0.15) is 34.1 Å². The molecule has 1 atom stereocenters. The summed E-state index contributed by atoms with van der Waals surface area (Å²) >= 11 is 0. The number of rotatable bonds is 3. The molecule has 0 aliphatic heterocycles. The maximum atomic E-state index is 4.89. The zero-order valence-electron chi connectivity index (χ0n) is 7.40. The largest absolute Gasteiger partial charge is 0.384 e. The van der Waals surface area contributed by atoms with Gasteiger partial charge in [-0.05, 0) is 5.92 Å². The molecular formula is C8H20O. The van der Waals surface area contributed by atoms with Gasteiger partial charge in [0.15, 0.2) is 0 Å². The second-order valence-corrected chi connectivity index (χ2v) is 1.97. The summed E-state index contributed by atoms with van der Waals surface area (Å²) in [5.74, 6) is 0.727. The van der Waals surface area contributed by atoms with E-state index in [2.05, 4.69) is 13.8 Å². The van der Waals surface area contributed by atoms with Crippen molar-refractivity contribution in [3.05, 3.63) is 0 Å². The van der Waals surface area contributed by atoms with Crippen LogP contribution in [0, 0.1) is 5.92 Å². The first-order valence-corrected chi connectivity index (χ1v) is 3.80. The van der Waals surface area contributed by atoms with Crippen LogP contribution in [0.15, 0.2) is 0 Å². The van der Waals surface area contributed by atoms with Crippen LogP contribution in [0.5, 0.6) is 0 Å². The van der Waals surface area contributed by atoms with Crippen LogP contribution in [0.3, 0.4) is 0 Å². The molecule has 0 saturated carbocycles. The second kappa shape index (κ2) is 10.9. The zero-order valence-corrected chi connectivity index (χ0v) is 7.40. The van der Waals surface area contributed by atoms with Crippen molar-refractivity contribution >= 4 is 0 Å². The molecule has 0 aliphatic rings. The molecule has 0 rings (SSSR count). The van der Waals surface area contributed by atoms with Gasteiger partial charge in [-0.3, -0.25) is 0 Å². The van der Waals surface area contributed by atoms with Gasteiger partial charge in [0.05, 0.1) is 0 Å². The molecule has 0 N–H and O–H groups in total. The Morgan fingerprint density at radius 2 is 1.78 bits per heavy atom. The number of ether oxygens (including phenoxy) is 1. The highest BCUT2D eigenvalue weighted by molar-refractivity contribution is 4.43. The minimum atomic E-state index is 0.727. The molecule has 0 aromatic carbocycles. The molecule has 0 heterocycles. The predicted molar refractivity (Wildman–Crippen MR) is 42.7 cm³/mol. The van der Waals surface area contributed by atoms with Gasteiger partial charge in [-0.2, -0.15) is 0 Å². The lowest BCUT2D eigenvalue weighted by molar-refractivity contribution is 0.158. The van der Waals surface area contributed by atoms with Crippen LogP contribution < -0.4 is 0 Å². The average molecular weight is 132 g/mol. The molecule has 0 bridgehead atoms. The fourth-order valence-corrected chi connectivity index (χ4v) is 0.402. The van der Waals surface area contributed by atoms with Gasteiger partial charge in [0, 0.05) is 13.7 Å². The highest BCUT2D eigenvalue weighted by Gasteiger charge is 1.93. The molecule has 0 aromatic rings. The third-order valence-corrected chi connectivity index (χ3v) is 1.15. The van der Waals surface area contributed by atoms with Crippen molar-refractivity contribution in [3.8, 4) is 0 Å². The minimum absolute atomic E-state index is 0.727. The van der Waals surface area contributed by atoms with Gasteiger partial charge in [-0.1, -0.05) is 34.1 Å². The fraction of sp³-hybridized carbons (Fsp3) is 1.00. The summed E-state index contributed by atoms with van der Waals surface area (Å²) in [6.07, 6.45) is 1.22. The predicted octanol–water partition coefficient (Wildman–Crippen LogP) is 2.71. The number of methoxy groups -OCH3 is 1. The van der Waals surface area contributed by atoms with Crippen molar-refractivity contribution < 1.29 is 4.74 Å². The van der Waals surface area contributed by atoms with Crippen LogP contribution in [-0.2, 0) is 4.74 Å². The Labute approximate surface area is 59.4 Å². The Bertz CT molecular complexity index is 35.5. The van der Waals surface area contributed by atoms with Crippen molar-refractivity contribution in [2.24, 2.45) is 5.92 Å². The maximum Gasteiger partial charge on any atom is 0.0487 e. The van der Waals surface area contributed by atoms with Crippen LogP contribution in [0.4, 0.5) is 0 Å². The van der Waals surface area contributed by atoms with Gasteiger partial charge in [-0.15, -0.1) is 0 Å². The van der Waals surface area contributed by atoms with Crippen molar-refractivity contribution in [3.63, 3.8) is 0 Å². The molecule has 0 spiro atoms. The molecule has 0 saturated heterocycles. The molecule has 0 aliphatic carbocycles. The molecule has 1 heteroatoms. The van der Waals surface area contributed by atoms with Gasteiger partial charge in [0.2, 0.25) is 0 Å². The highest BCUT2D eigenvalue weighted by Crippen LogP contribution is 1.98. The van der Waals surface area contributed by atoms with Gasteiger partial charge in [-0.25, -0.2) is 0 Å². The topological polar surface area (TPSA) is 9.23 Å². The molecule has 58 valence electrons. The van der Waals surface area contributed by atoms with E-state index in [4.69, 9.17) is 4.74 Å². The van der Waals surface area contributed by atoms with E-state index in [0.29, 0.717) is 0 Å². The average Bonchev–Trinajstić information content (AvgIpc) is 1.93. The van der Waals surface area contributed by atoms with Crippen LogP contribution in [-0.4, -0.2) is 13.7 Å². The summed E-state index contributed by atoms with van der Waals surface area (Å²) in [5, 5.41) is 0. The molecule has 1 nitrogen and oxygen atoms in total. The third kappa shape index (κ3) is 11.5. The van der Waals surface area contributed by atoms with E-state index in [0.717, 1.165) is 12.5 Å². The standard InChI is InChI=1S/C6H14O.C2H6/c1-4-6(2)5-7-3;1-2/h6H,4-5H2,1-3H3;1-2H3/t6-;/m0./s1. The maximum absolute atomic E-state index is 4.89. The lowest BCUT2D eigenvalue weighted by Gasteiger charge is -2.03. The number of hydrogen-bond acceptors (Lipinski definition) is 1. The van der Waals surface area contributed by atoms with E-state index >= 15 is 0 Å². The lowest BCUT2D eigenvalue weighted by Crippen LogP contribution is -2.00. The van der Waals surface area contributed by atoms with E-state index in [9.17, 15) is 0 Å². The van der Waals surface area contributed by atoms with Gasteiger partial charge in [0.25, 0.3) is 0 Å². The second-order valence-electron chi connectivity index (χ2n) is 1.97. The first-order chi connectivity index (χ1) is 4.31. The Balaban J connectivity index is 0. The molecule has 0 amide bonds. The molecular weight excluding hydrogens is 112 g/mol. The molecule has 0 aromatic heterocycles. The third-order valence-electron chi connectivity index (χ3n) is 1.15. The first-order valence-electron chi connectivity index (χ1n) is 3.80. The summed E-state index contributed by atoms with van der Waals surface area (Å²) < 4.78 is 4.89. The monoisotopic (exact) mass is 132 g/mol. The molecule has 0 radical (unpaired) electrons. The summed E-state index contributed by atoms with van der Waals surface area (Å²) in [5.41, 5.74) is 0. The van der Waals surface area contributed by atoms with E-state index in [-0.39, 0.29) is 0 Å². The van der Waals surface area contributed by atoms with Crippen molar-refractivity contribution in [1.82, 2.24) is 0 Å². The SMILES string of the molecule is CC.CC[C@H](C)COC. The van der Waals surface area contributed by atoms with E-state index < -0.39 is 0 Å². The van der Waals surface area contributed by atoms with E-state index in [1.165, 1.54) is 6.42 Å². The summed E-state index contributed by atoms with van der Waals surface area (Å²) in [4.78, 5) is 0. The van der Waals surface area contributed by atoms with Crippen molar-refractivity contribution in [2.75, 3.05) is 13.7 Å². The van der Waals surface area contributed by atoms with Crippen molar-refractivity contribution in [2.45, 2.75) is 34.1 Å². The fourth-order valence-electron chi connectivity index (χ4n) is 0.402. The van der Waals surface area contributed by atoms with Crippen LogP contribution in [0.2, 0.25) is 0 Å². The smallest absolute Gasteiger partial charge is 0.0487 e. The minimum Gasteiger partial charge on any atom is -0.384 e. The normalized spacial score (nSPS) is 11.7. The quantitative estimate of drug-likeness (QED) is 0.573. The Morgan fingerprint density at radius 3 is 1.89 bits per heavy atom. The van der Waals surface area contributed by atoms with Gasteiger partial charge >= 0.3 is 0 Å². The van der Waals surface area contributed by atoms with Crippen LogP contribution >= 0.6 is 0 Å². The van der Waals surface area contributed by atoms with Crippen LogP contribution in [0.25, 0.3) is 0 Å². The van der Waals surface area contributed by atoms with E-state index in [1.54, 1.807) is 7.11 Å². The highest BCUT2D eigenvalue weighted by atomic mass is 16.5. The molecule has 9 heavy (non-hydrogen) atoms. The Kier molecular flexibility index (Phi) is 14.1. The lowest BCUT2D eigenvalue weighted by atomic mass is 10.1. The van der Waals surface area contributed by atoms with E-state index in [1.807, 2.05) is 13.8 Å². The Morgan fingerprint density at radius 1 is 1.33 bits per heavy atom. The summed E-state index contributed by atoms with van der Waals surface area (Å²) in [6, 6.07) is 0. The summed E-state index contributed by atoms with van der Waals surface area (Å²) in [7, 11) is 1.74. The molecule has 0 unspecified atom stereocenters. The Hall–Kier alpha value is -0.0400. The first kappa shape index (κ1) is 11.7. The van der Waals surface area contributed by atoms with Crippen molar-refractivity contribution in [1.29, 1.82) is 0 Å². The summed E-state index contributed by atoms with van der Waals surface area (Å²) in [6.45, 7) is 9.25. The van der Waals surface area contributed by atoms with Gasteiger partial charge < -0.3 is 4.74 Å². The molecule has 0 fully saturated rings.